The molecule has 1 aliphatic carbocycles. The minimum absolute atomic E-state index is 0.0170. The highest BCUT2D eigenvalue weighted by Gasteiger charge is 2.69. The van der Waals surface area contributed by atoms with Gasteiger partial charge in [0.05, 0.1) is 18.6 Å². The number of aliphatic hydroxyl groups excluding tert-OH is 1. The first-order valence-electron chi connectivity index (χ1n) is 10.6. The number of likely N-dealkylation sites (N-methyl/N-ethyl adjacent to an activating group) is 1. The molecule has 4 fully saturated rings. The standard InChI is InChI=1S/C24H24N2O4/c1-25-17-10-6-5-9-16(17)24(23(25)29)11-18-15-13-30-21(24)20(27)19(15)22(28)26(18)12-14-7-3-2-4-8-14/h2-10,15,18-21,27H,11-13H2,1H3/t15-,18+,19+,20-,21+,24+/m0/s1. The van der Waals surface area contributed by atoms with Crippen LogP contribution in [0.1, 0.15) is 17.5 Å². The summed E-state index contributed by atoms with van der Waals surface area (Å²) < 4.78 is 6.18. The van der Waals surface area contributed by atoms with Crippen LogP contribution in [0, 0.1) is 11.8 Å². The van der Waals surface area contributed by atoms with Crippen LogP contribution in [0.25, 0.3) is 0 Å². The summed E-state index contributed by atoms with van der Waals surface area (Å²) in [6.07, 6.45) is -1.22. The number of nitrogens with zero attached hydrogens (tertiary/aromatic N) is 2. The first kappa shape index (κ1) is 18.1. The van der Waals surface area contributed by atoms with Crippen molar-refractivity contribution in [3.63, 3.8) is 0 Å². The summed E-state index contributed by atoms with van der Waals surface area (Å²) in [6.45, 7) is 0.880. The van der Waals surface area contributed by atoms with Gasteiger partial charge in [-0.3, -0.25) is 9.59 Å². The summed E-state index contributed by atoms with van der Waals surface area (Å²) in [7, 11) is 1.78. The number of carbonyl (C=O) groups is 2. The largest absolute Gasteiger partial charge is 0.390 e. The van der Waals surface area contributed by atoms with E-state index in [0.29, 0.717) is 19.6 Å². The van der Waals surface area contributed by atoms with E-state index in [1.165, 1.54) is 0 Å². The van der Waals surface area contributed by atoms with E-state index in [9.17, 15) is 14.7 Å². The number of amides is 2. The first-order chi connectivity index (χ1) is 14.5. The summed E-state index contributed by atoms with van der Waals surface area (Å²) in [6, 6.07) is 17.5. The fraction of sp³-hybridized carbons (Fsp3) is 0.417. The lowest BCUT2D eigenvalue weighted by Crippen LogP contribution is -2.59. The molecule has 0 aromatic heterocycles. The number of hydrogen-bond donors (Lipinski definition) is 1. The molecule has 1 N–H and O–H groups in total. The summed E-state index contributed by atoms with van der Waals surface area (Å²) in [4.78, 5) is 30.6. The van der Waals surface area contributed by atoms with Gasteiger partial charge < -0.3 is 19.6 Å². The van der Waals surface area contributed by atoms with Gasteiger partial charge >= 0.3 is 0 Å². The van der Waals surface area contributed by atoms with E-state index in [-0.39, 0.29) is 23.8 Å². The molecule has 2 aromatic carbocycles. The molecule has 7 rings (SSSR count). The lowest BCUT2D eigenvalue weighted by molar-refractivity contribution is -0.165. The van der Waals surface area contributed by atoms with Crippen LogP contribution in [0.2, 0.25) is 0 Å². The van der Waals surface area contributed by atoms with Gasteiger partial charge in [-0.05, 0) is 23.6 Å². The minimum atomic E-state index is -0.995. The molecule has 0 unspecified atom stereocenters. The number of fused-ring (bicyclic) bond motifs is 2. The van der Waals surface area contributed by atoms with Gasteiger partial charge in [-0.1, -0.05) is 48.5 Å². The van der Waals surface area contributed by atoms with Crippen molar-refractivity contribution in [2.24, 2.45) is 11.8 Å². The van der Waals surface area contributed by atoms with E-state index in [4.69, 9.17) is 4.74 Å². The smallest absolute Gasteiger partial charge is 0.240 e. The molecule has 4 heterocycles. The SMILES string of the molecule is CN1C(=O)[C@]2(C[C@@H]3[C@@H]4CO[C@@H]2[C@@H](O)[C@@H]4C(=O)N3Cc2ccccc2)c2ccccc21. The maximum atomic E-state index is 13.7. The Morgan fingerprint density at radius 3 is 2.63 bits per heavy atom. The zero-order valence-electron chi connectivity index (χ0n) is 16.8. The molecule has 4 aliphatic heterocycles. The van der Waals surface area contributed by atoms with Gasteiger partial charge in [-0.25, -0.2) is 0 Å². The second kappa shape index (κ2) is 6.15. The Labute approximate surface area is 175 Å². The molecule has 2 amide bonds. The highest BCUT2D eigenvalue weighted by Crippen LogP contribution is 2.57. The van der Waals surface area contributed by atoms with Crippen LogP contribution >= 0.6 is 0 Å². The number of carbonyl (C=O) groups excluding carboxylic acids is 2. The molecule has 5 aliphatic rings. The summed E-state index contributed by atoms with van der Waals surface area (Å²) in [5.74, 6) is -0.676. The third-order valence-electron chi connectivity index (χ3n) is 7.72. The first-order valence-corrected chi connectivity index (χ1v) is 10.6. The molecule has 1 saturated carbocycles. The van der Waals surface area contributed by atoms with E-state index in [2.05, 4.69) is 0 Å². The number of anilines is 1. The lowest BCUT2D eigenvalue weighted by Gasteiger charge is -2.42. The fourth-order valence-corrected chi connectivity index (χ4v) is 6.38. The van der Waals surface area contributed by atoms with E-state index in [1.807, 2.05) is 59.5 Å². The topological polar surface area (TPSA) is 70.1 Å². The van der Waals surface area contributed by atoms with Gasteiger partial charge in [-0.2, -0.15) is 0 Å². The number of rotatable bonds is 2. The van der Waals surface area contributed by atoms with Crippen molar-refractivity contribution in [3.8, 4) is 0 Å². The van der Waals surface area contributed by atoms with Crippen molar-refractivity contribution in [2.45, 2.75) is 36.6 Å². The van der Waals surface area contributed by atoms with Gasteiger partial charge in [-0.15, -0.1) is 0 Å². The lowest BCUT2D eigenvalue weighted by atomic mass is 9.70. The Bertz CT molecular complexity index is 1040. The second-order valence-corrected chi connectivity index (χ2v) is 9.01. The number of likely N-dealkylation sites (tertiary alicyclic amines) is 1. The molecular weight excluding hydrogens is 380 g/mol. The van der Waals surface area contributed by atoms with Crippen LogP contribution in [0.15, 0.2) is 54.6 Å². The number of hydrogen-bond acceptors (Lipinski definition) is 4. The van der Waals surface area contributed by atoms with Gasteiger partial charge in [0.2, 0.25) is 11.8 Å². The van der Waals surface area contributed by atoms with E-state index < -0.39 is 23.5 Å². The zero-order chi connectivity index (χ0) is 20.6. The number of aliphatic hydroxyl groups is 1. The quantitative estimate of drug-likeness (QED) is 0.827. The average molecular weight is 404 g/mol. The Morgan fingerprint density at radius 2 is 1.83 bits per heavy atom. The number of benzene rings is 2. The van der Waals surface area contributed by atoms with Crippen LogP contribution in [-0.2, 0) is 26.3 Å². The van der Waals surface area contributed by atoms with Crippen LogP contribution in [0.4, 0.5) is 5.69 Å². The third kappa shape index (κ3) is 2.10. The molecule has 154 valence electrons. The molecule has 2 aromatic rings. The molecule has 3 saturated heterocycles. The third-order valence-corrected chi connectivity index (χ3v) is 7.72. The summed E-state index contributed by atoms with van der Waals surface area (Å²) in [5.41, 5.74) is 1.85. The predicted octanol–water partition coefficient (Wildman–Crippen LogP) is 1.71. The number of ether oxygens (including phenoxy) is 1. The Morgan fingerprint density at radius 1 is 1.10 bits per heavy atom. The van der Waals surface area contributed by atoms with Crippen molar-refractivity contribution in [1.82, 2.24) is 4.90 Å². The zero-order valence-corrected chi connectivity index (χ0v) is 16.8. The summed E-state index contributed by atoms with van der Waals surface area (Å²) in [5, 5.41) is 11.3. The molecule has 6 nitrogen and oxygen atoms in total. The highest BCUT2D eigenvalue weighted by atomic mass is 16.5. The van der Waals surface area contributed by atoms with E-state index in [1.54, 1.807) is 11.9 Å². The van der Waals surface area contributed by atoms with E-state index >= 15 is 0 Å². The minimum Gasteiger partial charge on any atom is -0.390 e. The average Bonchev–Trinajstić information content (AvgIpc) is 3.01. The van der Waals surface area contributed by atoms with Crippen LogP contribution in [0.3, 0.4) is 0 Å². The van der Waals surface area contributed by atoms with Crippen molar-refractivity contribution >= 4 is 17.5 Å². The Hall–Kier alpha value is -2.70. The number of para-hydroxylation sites is 1. The molecule has 0 radical (unpaired) electrons. The Kier molecular flexibility index (Phi) is 3.71. The van der Waals surface area contributed by atoms with Crippen molar-refractivity contribution in [1.29, 1.82) is 0 Å². The van der Waals surface area contributed by atoms with Crippen LogP contribution in [-0.4, -0.2) is 53.7 Å². The van der Waals surface area contributed by atoms with E-state index in [0.717, 1.165) is 16.8 Å². The molecule has 4 bridgehead atoms. The maximum absolute atomic E-state index is 13.7. The molecule has 6 atom stereocenters. The van der Waals surface area contributed by atoms with Gasteiger partial charge in [0.25, 0.3) is 0 Å². The monoisotopic (exact) mass is 404 g/mol. The van der Waals surface area contributed by atoms with Gasteiger partial charge in [0.1, 0.15) is 11.5 Å². The summed E-state index contributed by atoms with van der Waals surface area (Å²) >= 11 is 0. The molecular formula is C24H24N2O4. The van der Waals surface area contributed by atoms with Crippen molar-refractivity contribution in [3.05, 3.63) is 65.7 Å². The van der Waals surface area contributed by atoms with Gasteiger partial charge in [0, 0.05) is 31.2 Å². The Balaban J connectivity index is 1.49. The normalized spacial score (nSPS) is 36.5. The molecule has 6 heteroatoms. The second-order valence-electron chi connectivity index (χ2n) is 9.01. The van der Waals surface area contributed by atoms with Crippen molar-refractivity contribution in [2.75, 3.05) is 18.6 Å². The maximum Gasteiger partial charge on any atom is 0.240 e. The highest BCUT2D eigenvalue weighted by molar-refractivity contribution is 6.08. The predicted molar refractivity (Wildman–Crippen MR) is 110 cm³/mol. The van der Waals surface area contributed by atoms with Gasteiger partial charge in [0.15, 0.2) is 0 Å². The molecule has 30 heavy (non-hydrogen) atoms. The molecule has 1 spiro atoms. The van der Waals surface area contributed by atoms with Crippen molar-refractivity contribution < 1.29 is 19.4 Å². The fourth-order valence-electron chi connectivity index (χ4n) is 6.38. The van der Waals surface area contributed by atoms with Crippen LogP contribution in [0.5, 0.6) is 0 Å². The van der Waals surface area contributed by atoms with Crippen LogP contribution < -0.4 is 4.90 Å².